The standard InChI is InChI=1S/C6H14O2.2C4H4O4/c1-2-3-4-5-6(7)8;2*5-3(6)1-2-4(7)8/h6-8H,2-5H2,1H3;2*1-2H,(H,5,6)(H,7,8)/b;2*2-1-. The Morgan fingerprint density at radius 2 is 1.00 bits per heavy atom. The number of hydrogen-bond acceptors (Lipinski definition) is 6. The Morgan fingerprint density at radius 3 is 1.17 bits per heavy atom. The van der Waals surface area contributed by atoms with Crippen molar-refractivity contribution in [1.82, 2.24) is 0 Å². The zero-order valence-electron chi connectivity index (χ0n) is 13.0. The zero-order valence-corrected chi connectivity index (χ0v) is 13.0. The van der Waals surface area contributed by atoms with Crippen molar-refractivity contribution in [2.75, 3.05) is 0 Å². The molecule has 0 bridgehead atoms. The second-order valence-electron chi connectivity index (χ2n) is 4.00. The van der Waals surface area contributed by atoms with Gasteiger partial charge in [-0.1, -0.05) is 19.8 Å². The Kier molecular flexibility index (Phi) is 20.0. The van der Waals surface area contributed by atoms with E-state index in [-0.39, 0.29) is 0 Å². The lowest BCUT2D eigenvalue weighted by Crippen LogP contribution is -2.02. The maximum Gasteiger partial charge on any atom is 0.328 e. The minimum Gasteiger partial charge on any atom is -0.478 e. The molecule has 0 atom stereocenters. The van der Waals surface area contributed by atoms with E-state index in [0.29, 0.717) is 30.7 Å². The van der Waals surface area contributed by atoms with E-state index in [4.69, 9.17) is 30.6 Å². The largest absolute Gasteiger partial charge is 0.478 e. The molecule has 0 amide bonds. The van der Waals surface area contributed by atoms with E-state index in [1.54, 1.807) is 0 Å². The van der Waals surface area contributed by atoms with E-state index in [9.17, 15) is 19.2 Å². The van der Waals surface area contributed by atoms with Crippen molar-refractivity contribution in [2.45, 2.75) is 38.9 Å². The number of carboxylic acid groups (broad SMARTS) is 4. The lowest BCUT2D eigenvalue weighted by Gasteiger charge is -1.99. The molecule has 0 fully saturated rings. The summed E-state index contributed by atoms with van der Waals surface area (Å²) in [6.45, 7) is 2.09. The van der Waals surface area contributed by atoms with E-state index in [1.165, 1.54) is 0 Å². The molecule has 0 aromatic carbocycles. The highest BCUT2D eigenvalue weighted by molar-refractivity contribution is 5.90. The van der Waals surface area contributed by atoms with Gasteiger partial charge in [0.15, 0.2) is 6.29 Å². The molecule has 0 aromatic heterocycles. The molecular formula is C14H22O10. The molecule has 0 aliphatic heterocycles. The fourth-order valence-electron chi connectivity index (χ4n) is 0.862. The lowest BCUT2D eigenvalue weighted by molar-refractivity contribution is -0.134. The van der Waals surface area contributed by atoms with Crippen molar-refractivity contribution in [3.05, 3.63) is 24.3 Å². The van der Waals surface area contributed by atoms with Gasteiger partial charge in [0.25, 0.3) is 0 Å². The third-order valence-electron chi connectivity index (χ3n) is 1.80. The molecule has 138 valence electrons. The molecule has 0 aliphatic carbocycles. The highest BCUT2D eigenvalue weighted by atomic mass is 16.5. The fraction of sp³-hybridized carbons (Fsp3) is 0.429. The Balaban J connectivity index is -0.000000276. The van der Waals surface area contributed by atoms with Crippen LogP contribution in [0.5, 0.6) is 0 Å². The predicted octanol–water partition coefficient (Wildman–Crippen LogP) is 0.301. The van der Waals surface area contributed by atoms with Crippen molar-refractivity contribution in [3.8, 4) is 0 Å². The minimum absolute atomic E-state index is 0.522. The Bertz CT molecular complexity index is 371. The zero-order chi connectivity index (χ0) is 19.5. The highest BCUT2D eigenvalue weighted by Gasteiger charge is 1.93. The first kappa shape index (κ1) is 26.2. The van der Waals surface area contributed by atoms with Gasteiger partial charge in [0.1, 0.15) is 0 Å². The number of aliphatic hydroxyl groups is 2. The summed E-state index contributed by atoms with van der Waals surface area (Å²) >= 11 is 0. The number of rotatable bonds is 8. The van der Waals surface area contributed by atoms with Crippen LogP contribution in [0.3, 0.4) is 0 Å². The SMILES string of the molecule is CCCCCC(O)O.O=C(O)/C=C\C(=O)O.O=C(O)/C=C\C(=O)O. The highest BCUT2D eigenvalue weighted by Crippen LogP contribution is 1.99. The van der Waals surface area contributed by atoms with Crippen molar-refractivity contribution in [3.63, 3.8) is 0 Å². The summed E-state index contributed by atoms with van der Waals surface area (Å²) in [7, 11) is 0. The maximum absolute atomic E-state index is 9.55. The summed E-state index contributed by atoms with van der Waals surface area (Å²) in [6, 6.07) is 0. The molecule has 0 rings (SSSR count). The summed E-state index contributed by atoms with van der Waals surface area (Å²) in [4.78, 5) is 38.2. The van der Waals surface area contributed by atoms with Crippen LogP contribution in [0.25, 0.3) is 0 Å². The summed E-state index contributed by atoms with van der Waals surface area (Å²) in [5.74, 6) is -5.03. The van der Waals surface area contributed by atoms with Crippen LogP contribution in [0.4, 0.5) is 0 Å². The van der Waals surface area contributed by atoms with Crippen LogP contribution in [-0.4, -0.2) is 60.8 Å². The van der Waals surface area contributed by atoms with Crippen molar-refractivity contribution >= 4 is 23.9 Å². The molecule has 6 N–H and O–H groups in total. The molecule has 24 heavy (non-hydrogen) atoms. The molecule has 10 nitrogen and oxygen atoms in total. The second-order valence-corrected chi connectivity index (χ2v) is 4.00. The molecule has 0 aliphatic rings. The molecular weight excluding hydrogens is 328 g/mol. The molecule has 0 unspecified atom stereocenters. The van der Waals surface area contributed by atoms with Gasteiger partial charge in [-0.15, -0.1) is 0 Å². The molecule has 0 aromatic rings. The Morgan fingerprint density at radius 1 is 0.708 bits per heavy atom. The van der Waals surface area contributed by atoms with Gasteiger partial charge in [0, 0.05) is 24.3 Å². The van der Waals surface area contributed by atoms with E-state index in [0.717, 1.165) is 19.3 Å². The van der Waals surface area contributed by atoms with Crippen LogP contribution in [0, 0.1) is 0 Å². The van der Waals surface area contributed by atoms with Crippen LogP contribution in [-0.2, 0) is 19.2 Å². The number of unbranched alkanes of at least 4 members (excludes halogenated alkanes) is 2. The van der Waals surface area contributed by atoms with Gasteiger partial charge >= 0.3 is 23.9 Å². The van der Waals surface area contributed by atoms with Gasteiger partial charge < -0.3 is 30.6 Å². The monoisotopic (exact) mass is 350 g/mol. The first-order chi connectivity index (χ1) is 11.0. The summed E-state index contributed by atoms with van der Waals surface area (Å²) in [5, 5.41) is 47.9. The number of hydrogen-bond donors (Lipinski definition) is 6. The predicted molar refractivity (Wildman–Crippen MR) is 81.2 cm³/mol. The number of carbonyl (C=O) groups is 4. The number of carboxylic acids is 4. The van der Waals surface area contributed by atoms with Gasteiger partial charge in [-0.2, -0.15) is 0 Å². The third kappa shape index (κ3) is 42.7. The van der Waals surface area contributed by atoms with Gasteiger partial charge in [-0.3, -0.25) is 0 Å². The molecule has 0 saturated carbocycles. The van der Waals surface area contributed by atoms with Gasteiger partial charge in [-0.25, -0.2) is 19.2 Å². The quantitative estimate of drug-likeness (QED) is 0.202. The lowest BCUT2D eigenvalue weighted by atomic mass is 10.2. The fourth-order valence-corrected chi connectivity index (χ4v) is 0.862. The number of aliphatic hydroxyl groups excluding tert-OH is 1. The van der Waals surface area contributed by atoms with Crippen LogP contribution >= 0.6 is 0 Å². The average Bonchev–Trinajstić information content (AvgIpc) is 2.44. The Hall–Kier alpha value is -2.72. The second kappa shape index (κ2) is 18.3. The van der Waals surface area contributed by atoms with Crippen molar-refractivity contribution < 1.29 is 49.8 Å². The first-order valence-corrected chi connectivity index (χ1v) is 6.66. The van der Waals surface area contributed by atoms with Crippen LogP contribution in [0.15, 0.2) is 24.3 Å². The van der Waals surface area contributed by atoms with Gasteiger partial charge in [-0.05, 0) is 12.8 Å². The van der Waals surface area contributed by atoms with E-state index in [1.807, 2.05) is 0 Å². The van der Waals surface area contributed by atoms with Crippen LogP contribution in [0.1, 0.15) is 32.6 Å². The van der Waals surface area contributed by atoms with Crippen molar-refractivity contribution in [2.24, 2.45) is 0 Å². The third-order valence-corrected chi connectivity index (χ3v) is 1.80. The van der Waals surface area contributed by atoms with E-state index < -0.39 is 30.2 Å². The van der Waals surface area contributed by atoms with Crippen LogP contribution < -0.4 is 0 Å². The van der Waals surface area contributed by atoms with Gasteiger partial charge in [0.05, 0.1) is 0 Å². The molecule has 0 spiro atoms. The topological polar surface area (TPSA) is 190 Å². The summed E-state index contributed by atoms with van der Waals surface area (Å²) in [6.07, 6.45) is 4.81. The maximum atomic E-state index is 9.55. The molecule has 10 heteroatoms. The molecule has 0 saturated heterocycles. The normalized spacial score (nSPS) is 9.83. The number of aliphatic carboxylic acids is 4. The first-order valence-electron chi connectivity index (χ1n) is 6.66. The van der Waals surface area contributed by atoms with Gasteiger partial charge in [0.2, 0.25) is 0 Å². The molecule has 0 heterocycles. The Labute approximate surface area is 138 Å². The van der Waals surface area contributed by atoms with Crippen LogP contribution in [0.2, 0.25) is 0 Å². The average molecular weight is 350 g/mol. The van der Waals surface area contributed by atoms with Crippen molar-refractivity contribution in [1.29, 1.82) is 0 Å². The van der Waals surface area contributed by atoms with E-state index in [2.05, 4.69) is 6.92 Å². The minimum atomic E-state index is -1.26. The molecule has 0 radical (unpaired) electrons. The summed E-state index contributed by atoms with van der Waals surface area (Å²) in [5.41, 5.74) is 0. The smallest absolute Gasteiger partial charge is 0.328 e. The van der Waals surface area contributed by atoms with E-state index >= 15 is 0 Å². The summed E-state index contributed by atoms with van der Waals surface area (Å²) < 4.78 is 0.